The molecule has 5 heteroatoms. The standard InChI is InChI=1S/C12H17N5/c1-8(2)9(3)11-15-16-12(17(11)4)10-7-13-5-6-14-10/h5-9H,1-4H3. The van der Waals surface area contributed by atoms with Gasteiger partial charge in [0.15, 0.2) is 5.82 Å². The third kappa shape index (κ3) is 2.18. The number of aromatic nitrogens is 5. The van der Waals surface area contributed by atoms with Crippen molar-refractivity contribution >= 4 is 0 Å². The molecule has 17 heavy (non-hydrogen) atoms. The maximum Gasteiger partial charge on any atom is 0.183 e. The molecule has 1 unspecified atom stereocenters. The van der Waals surface area contributed by atoms with E-state index in [0.29, 0.717) is 11.8 Å². The van der Waals surface area contributed by atoms with Crippen LogP contribution in [0.25, 0.3) is 11.5 Å². The predicted octanol–water partition coefficient (Wildman–Crippen LogP) is 2.03. The van der Waals surface area contributed by atoms with Crippen molar-refractivity contribution in [2.45, 2.75) is 26.7 Å². The van der Waals surface area contributed by atoms with E-state index in [0.717, 1.165) is 17.3 Å². The van der Waals surface area contributed by atoms with Gasteiger partial charge in [-0.05, 0) is 5.92 Å². The van der Waals surface area contributed by atoms with Crippen LogP contribution in [0.1, 0.15) is 32.5 Å². The van der Waals surface area contributed by atoms with Crippen LogP contribution in [0.15, 0.2) is 18.6 Å². The Hall–Kier alpha value is -1.78. The second-order valence-electron chi connectivity index (χ2n) is 4.56. The summed E-state index contributed by atoms with van der Waals surface area (Å²) in [4.78, 5) is 8.29. The molecule has 1 atom stereocenters. The number of nitrogens with zero attached hydrogens (tertiary/aromatic N) is 5. The maximum atomic E-state index is 4.26. The molecule has 0 aliphatic rings. The highest BCUT2D eigenvalue weighted by Crippen LogP contribution is 2.24. The van der Waals surface area contributed by atoms with Crippen molar-refractivity contribution < 1.29 is 0 Å². The zero-order valence-corrected chi connectivity index (χ0v) is 10.6. The third-order valence-electron chi connectivity index (χ3n) is 3.11. The van der Waals surface area contributed by atoms with Crippen molar-refractivity contribution in [1.29, 1.82) is 0 Å². The summed E-state index contributed by atoms with van der Waals surface area (Å²) in [5, 5.41) is 8.46. The molecule has 0 saturated heterocycles. The molecule has 2 aromatic heterocycles. The Labute approximate surface area is 101 Å². The van der Waals surface area contributed by atoms with Crippen LogP contribution in [-0.2, 0) is 7.05 Å². The lowest BCUT2D eigenvalue weighted by atomic mass is 9.97. The SMILES string of the molecule is CC(C)C(C)c1nnc(-c2cnccn2)n1C. The Balaban J connectivity index is 2.40. The Morgan fingerprint density at radius 1 is 1.12 bits per heavy atom. The number of hydrogen-bond donors (Lipinski definition) is 0. The van der Waals surface area contributed by atoms with Crippen molar-refractivity contribution in [3.63, 3.8) is 0 Å². The smallest absolute Gasteiger partial charge is 0.183 e. The molecular weight excluding hydrogens is 214 g/mol. The van der Waals surface area contributed by atoms with Gasteiger partial charge in [-0.15, -0.1) is 10.2 Å². The van der Waals surface area contributed by atoms with Crippen LogP contribution in [0, 0.1) is 5.92 Å². The molecule has 2 heterocycles. The van der Waals surface area contributed by atoms with Crippen LogP contribution in [0.4, 0.5) is 0 Å². The third-order valence-corrected chi connectivity index (χ3v) is 3.11. The lowest BCUT2D eigenvalue weighted by Gasteiger charge is -2.14. The van der Waals surface area contributed by atoms with Gasteiger partial charge in [0.2, 0.25) is 0 Å². The van der Waals surface area contributed by atoms with Gasteiger partial charge in [0.1, 0.15) is 11.5 Å². The summed E-state index contributed by atoms with van der Waals surface area (Å²) < 4.78 is 1.99. The molecule has 2 rings (SSSR count). The van der Waals surface area contributed by atoms with Gasteiger partial charge in [-0.3, -0.25) is 4.98 Å². The topological polar surface area (TPSA) is 56.5 Å². The molecular formula is C12H17N5. The first-order chi connectivity index (χ1) is 8.11. The fraction of sp³-hybridized carbons (Fsp3) is 0.500. The minimum absolute atomic E-state index is 0.373. The molecule has 90 valence electrons. The van der Waals surface area contributed by atoms with Gasteiger partial charge in [-0.1, -0.05) is 20.8 Å². The molecule has 0 N–H and O–H groups in total. The van der Waals surface area contributed by atoms with Crippen molar-refractivity contribution in [3.05, 3.63) is 24.4 Å². The Kier molecular flexibility index (Phi) is 3.17. The van der Waals surface area contributed by atoms with Crippen molar-refractivity contribution in [1.82, 2.24) is 24.7 Å². The van der Waals surface area contributed by atoms with Crippen LogP contribution in [0.3, 0.4) is 0 Å². The van der Waals surface area contributed by atoms with E-state index in [1.165, 1.54) is 0 Å². The Morgan fingerprint density at radius 3 is 2.47 bits per heavy atom. The summed E-state index contributed by atoms with van der Waals surface area (Å²) in [6.45, 7) is 6.53. The summed E-state index contributed by atoms with van der Waals surface area (Å²) in [5.74, 6) is 2.66. The molecule has 0 aliphatic heterocycles. The van der Waals surface area contributed by atoms with Gasteiger partial charge in [-0.2, -0.15) is 0 Å². The monoisotopic (exact) mass is 231 g/mol. The minimum Gasteiger partial charge on any atom is -0.313 e. The summed E-state index contributed by atoms with van der Waals surface area (Å²) in [5.41, 5.74) is 0.754. The molecule has 5 nitrogen and oxygen atoms in total. The molecule has 0 fully saturated rings. The molecule has 0 aromatic carbocycles. The molecule has 0 spiro atoms. The first-order valence-electron chi connectivity index (χ1n) is 5.77. The van der Waals surface area contributed by atoms with Gasteiger partial charge in [-0.25, -0.2) is 4.98 Å². The van der Waals surface area contributed by atoms with E-state index >= 15 is 0 Å². The molecule has 2 aromatic rings. The highest BCUT2D eigenvalue weighted by atomic mass is 15.3. The fourth-order valence-electron chi connectivity index (χ4n) is 1.67. The predicted molar refractivity (Wildman–Crippen MR) is 65.3 cm³/mol. The molecule has 0 bridgehead atoms. The summed E-state index contributed by atoms with van der Waals surface area (Å²) >= 11 is 0. The van der Waals surface area contributed by atoms with Crippen LogP contribution < -0.4 is 0 Å². The second-order valence-corrected chi connectivity index (χ2v) is 4.56. The molecule has 0 aliphatic carbocycles. The van der Waals surface area contributed by atoms with E-state index in [-0.39, 0.29) is 0 Å². The van der Waals surface area contributed by atoms with E-state index in [9.17, 15) is 0 Å². The zero-order valence-electron chi connectivity index (χ0n) is 10.6. The largest absolute Gasteiger partial charge is 0.313 e. The highest BCUT2D eigenvalue weighted by Gasteiger charge is 2.19. The average Bonchev–Trinajstić information content (AvgIpc) is 2.71. The van der Waals surface area contributed by atoms with E-state index in [4.69, 9.17) is 0 Å². The van der Waals surface area contributed by atoms with Crippen LogP contribution in [0.2, 0.25) is 0 Å². The first kappa shape index (κ1) is 11.7. The quantitative estimate of drug-likeness (QED) is 0.811. The zero-order chi connectivity index (χ0) is 12.4. The van der Waals surface area contributed by atoms with Crippen molar-refractivity contribution in [3.8, 4) is 11.5 Å². The van der Waals surface area contributed by atoms with E-state index in [2.05, 4.69) is 40.9 Å². The summed E-state index contributed by atoms with van der Waals surface area (Å²) in [6, 6.07) is 0. The normalized spacial score (nSPS) is 13.0. The highest BCUT2D eigenvalue weighted by molar-refractivity contribution is 5.47. The van der Waals surface area contributed by atoms with Crippen LogP contribution in [-0.4, -0.2) is 24.7 Å². The summed E-state index contributed by atoms with van der Waals surface area (Å²) in [6.07, 6.45) is 5.01. The Bertz CT molecular complexity index is 489. The Morgan fingerprint density at radius 2 is 1.88 bits per heavy atom. The van der Waals surface area contributed by atoms with Gasteiger partial charge in [0, 0.05) is 25.4 Å². The minimum atomic E-state index is 0.373. The van der Waals surface area contributed by atoms with Crippen LogP contribution >= 0.6 is 0 Å². The van der Waals surface area contributed by atoms with Crippen molar-refractivity contribution in [2.24, 2.45) is 13.0 Å². The molecule has 0 saturated carbocycles. The number of hydrogen-bond acceptors (Lipinski definition) is 4. The van der Waals surface area contributed by atoms with Crippen molar-refractivity contribution in [2.75, 3.05) is 0 Å². The van der Waals surface area contributed by atoms with Gasteiger partial charge in [0.25, 0.3) is 0 Å². The van der Waals surface area contributed by atoms with E-state index < -0.39 is 0 Å². The van der Waals surface area contributed by atoms with Gasteiger partial charge in [0.05, 0.1) is 6.20 Å². The lowest BCUT2D eigenvalue weighted by molar-refractivity contribution is 0.496. The average molecular weight is 231 g/mol. The van der Waals surface area contributed by atoms with Gasteiger partial charge < -0.3 is 4.57 Å². The fourth-order valence-corrected chi connectivity index (χ4v) is 1.67. The maximum absolute atomic E-state index is 4.26. The lowest BCUT2D eigenvalue weighted by Crippen LogP contribution is -2.09. The number of rotatable bonds is 3. The second kappa shape index (κ2) is 4.61. The molecule has 0 amide bonds. The van der Waals surface area contributed by atoms with Gasteiger partial charge >= 0.3 is 0 Å². The van der Waals surface area contributed by atoms with Crippen LogP contribution in [0.5, 0.6) is 0 Å². The first-order valence-corrected chi connectivity index (χ1v) is 5.77. The molecule has 0 radical (unpaired) electrons. The van der Waals surface area contributed by atoms with E-state index in [1.807, 2.05) is 11.6 Å². The van der Waals surface area contributed by atoms with E-state index in [1.54, 1.807) is 18.6 Å². The summed E-state index contributed by atoms with van der Waals surface area (Å²) in [7, 11) is 1.97.